The van der Waals surface area contributed by atoms with Gasteiger partial charge in [0.05, 0.1) is 5.56 Å². The fourth-order valence-electron chi connectivity index (χ4n) is 2.02. The number of amides is 1. The first-order valence-corrected chi connectivity index (χ1v) is 7.51. The third-order valence-corrected chi connectivity index (χ3v) is 3.77. The van der Waals surface area contributed by atoms with E-state index in [0.717, 1.165) is 4.47 Å². The molecule has 0 aliphatic carbocycles. The average Bonchev–Trinajstić information content (AvgIpc) is 2.48. The number of hydrogen-bond donors (Lipinski definition) is 1. The molecule has 0 aliphatic rings. The van der Waals surface area contributed by atoms with Crippen molar-refractivity contribution < 1.29 is 9.59 Å². The minimum atomic E-state index is -0.225. The van der Waals surface area contributed by atoms with E-state index in [2.05, 4.69) is 21.2 Å². The lowest BCUT2D eigenvalue weighted by Crippen LogP contribution is -2.34. The van der Waals surface area contributed by atoms with Crippen molar-refractivity contribution in [1.82, 2.24) is 5.32 Å². The van der Waals surface area contributed by atoms with Crippen molar-refractivity contribution in [3.8, 4) is 0 Å². The summed E-state index contributed by atoms with van der Waals surface area (Å²) < 4.78 is 0.740. The van der Waals surface area contributed by atoms with Crippen molar-refractivity contribution in [3.63, 3.8) is 0 Å². The van der Waals surface area contributed by atoms with E-state index in [1.807, 2.05) is 37.3 Å². The number of hydrogen-bond acceptors (Lipinski definition) is 2. The summed E-state index contributed by atoms with van der Waals surface area (Å²) in [6.07, 6.45) is 0.278. The number of Topliss-reactive ketones (excluding diaryl/α,β-unsaturated/α-hetero) is 1. The zero-order chi connectivity index (χ0) is 15.2. The zero-order valence-electron chi connectivity index (χ0n) is 11.7. The molecular formula is C17H16BrNO2. The number of benzene rings is 2. The molecule has 0 aromatic heterocycles. The van der Waals surface area contributed by atoms with Crippen LogP contribution in [0.2, 0.25) is 0 Å². The summed E-state index contributed by atoms with van der Waals surface area (Å²) in [5.41, 5.74) is 1.23. The minimum Gasteiger partial charge on any atom is -0.349 e. The van der Waals surface area contributed by atoms with Crippen LogP contribution in [-0.2, 0) is 0 Å². The molecule has 4 heteroatoms. The Hall–Kier alpha value is -1.94. The van der Waals surface area contributed by atoms with Gasteiger partial charge in [-0.15, -0.1) is 0 Å². The molecule has 0 radical (unpaired) electrons. The third-order valence-electron chi connectivity index (χ3n) is 3.08. The molecule has 0 saturated heterocycles. The maximum atomic E-state index is 12.1. The van der Waals surface area contributed by atoms with Crippen LogP contribution in [0.15, 0.2) is 59.1 Å². The monoisotopic (exact) mass is 345 g/mol. The number of carbonyl (C=O) groups excluding carboxylic acids is 2. The molecule has 0 saturated carbocycles. The highest BCUT2D eigenvalue weighted by Crippen LogP contribution is 2.16. The van der Waals surface area contributed by atoms with Gasteiger partial charge < -0.3 is 5.32 Å². The summed E-state index contributed by atoms with van der Waals surface area (Å²) >= 11 is 3.35. The van der Waals surface area contributed by atoms with Gasteiger partial charge in [0.2, 0.25) is 0 Å². The molecule has 21 heavy (non-hydrogen) atoms. The fraction of sp³-hybridized carbons (Fsp3) is 0.176. The van der Waals surface area contributed by atoms with Gasteiger partial charge in [-0.3, -0.25) is 9.59 Å². The Morgan fingerprint density at radius 1 is 1.05 bits per heavy atom. The predicted octanol–water partition coefficient (Wildman–Crippen LogP) is 3.84. The van der Waals surface area contributed by atoms with Crippen LogP contribution in [0.3, 0.4) is 0 Å². The van der Waals surface area contributed by atoms with E-state index in [9.17, 15) is 9.59 Å². The second-order valence-electron chi connectivity index (χ2n) is 4.85. The quantitative estimate of drug-likeness (QED) is 0.836. The average molecular weight is 346 g/mol. The SMILES string of the molecule is C[C@@H](CC(=O)c1ccccc1)NC(=O)c1ccccc1Br. The minimum absolute atomic E-state index is 0.0236. The van der Waals surface area contributed by atoms with Gasteiger partial charge in [0.25, 0.3) is 5.91 Å². The lowest BCUT2D eigenvalue weighted by molar-refractivity contribution is 0.0917. The first kappa shape index (κ1) is 15.4. The smallest absolute Gasteiger partial charge is 0.252 e. The van der Waals surface area contributed by atoms with Crippen LogP contribution in [0.1, 0.15) is 34.1 Å². The maximum absolute atomic E-state index is 12.1. The van der Waals surface area contributed by atoms with E-state index >= 15 is 0 Å². The van der Waals surface area contributed by atoms with Gasteiger partial charge in [-0.1, -0.05) is 42.5 Å². The Kier molecular flexibility index (Phi) is 5.28. The van der Waals surface area contributed by atoms with Gasteiger partial charge in [0, 0.05) is 22.5 Å². The highest BCUT2D eigenvalue weighted by atomic mass is 79.9. The Morgan fingerprint density at radius 2 is 1.67 bits per heavy atom. The highest BCUT2D eigenvalue weighted by molar-refractivity contribution is 9.10. The highest BCUT2D eigenvalue weighted by Gasteiger charge is 2.15. The second-order valence-corrected chi connectivity index (χ2v) is 5.70. The van der Waals surface area contributed by atoms with Crippen LogP contribution >= 0.6 is 15.9 Å². The van der Waals surface area contributed by atoms with Crippen molar-refractivity contribution in [2.45, 2.75) is 19.4 Å². The Morgan fingerprint density at radius 3 is 2.33 bits per heavy atom. The Labute approximate surface area is 132 Å². The molecule has 2 aromatic rings. The number of ketones is 1. The molecule has 0 fully saturated rings. The predicted molar refractivity (Wildman–Crippen MR) is 86.5 cm³/mol. The first-order valence-electron chi connectivity index (χ1n) is 6.71. The summed E-state index contributed by atoms with van der Waals surface area (Å²) in [5.74, 6) is -0.161. The van der Waals surface area contributed by atoms with Crippen LogP contribution in [0.25, 0.3) is 0 Å². The van der Waals surface area contributed by atoms with Crippen molar-refractivity contribution >= 4 is 27.6 Å². The number of carbonyl (C=O) groups is 2. The van der Waals surface area contributed by atoms with Gasteiger partial charge in [-0.05, 0) is 35.0 Å². The van der Waals surface area contributed by atoms with Gasteiger partial charge in [-0.25, -0.2) is 0 Å². The van der Waals surface area contributed by atoms with Crippen molar-refractivity contribution in [1.29, 1.82) is 0 Å². The molecule has 0 spiro atoms. The molecule has 1 atom stereocenters. The maximum Gasteiger partial charge on any atom is 0.252 e. The van der Waals surface area contributed by atoms with Gasteiger partial charge in [-0.2, -0.15) is 0 Å². The summed E-state index contributed by atoms with van der Waals surface area (Å²) in [6, 6.07) is 16.1. The first-order chi connectivity index (χ1) is 10.1. The molecule has 1 amide bonds. The lowest BCUT2D eigenvalue weighted by Gasteiger charge is -2.14. The number of nitrogens with one attached hydrogen (secondary N) is 1. The van der Waals surface area contributed by atoms with Crippen molar-refractivity contribution in [2.24, 2.45) is 0 Å². The largest absolute Gasteiger partial charge is 0.349 e. The zero-order valence-corrected chi connectivity index (χ0v) is 13.3. The summed E-state index contributed by atoms with van der Waals surface area (Å²) in [7, 11) is 0. The van der Waals surface area contributed by atoms with Gasteiger partial charge in [0.15, 0.2) is 5.78 Å². The van der Waals surface area contributed by atoms with Crippen LogP contribution in [-0.4, -0.2) is 17.7 Å². The van der Waals surface area contributed by atoms with Crippen molar-refractivity contribution in [3.05, 3.63) is 70.2 Å². The van der Waals surface area contributed by atoms with E-state index in [4.69, 9.17) is 0 Å². The normalized spacial score (nSPS) is 11.7. The van der Waals surface area contributed by atoms with Crippen LogP contribution < -0.4 is 5.32 Å². The molecule has 0 heterocycles. The summed E-state index contributed by atoms with van der Waals surface area (Å²) in [6.45, 7) is 1.83. The second kappa shape index (κ2) is 7.18. The third kappa shape index (κ3) is 4.26. The molecule has 108 valence electrons. The van der Waals surface area contributed by atoms with E-state index in [0.29, 0.717) is 11.1 Å². The topological polar surface area (TPSA) is 46.2 Å². The Balaban J connectivity index is 1.96. The molecule has 1 N–H and O–H groups in total. The van der Waals surface area contributed by atoms with E-state index in [1.54, 1.807) is 24.3 Å². The lowest BCUT2D eigenvalue weighted by atomic mass is 10.0. The molecule has 3 nitrogen and oxygen atoms in total. The van der Waals surface area contributed by atoms with E-state index < -0.39 is 0 Å². The molecule has 0 bridgehead atoms. The molecule has 0 unspecified atom stereocenters. The van der Waals surface area contributed by atoms with Crippen LogP contribution in [0.4, 0.5) is 0 Å². The van der Waals surface area contributed by atoms with Crippen LogP contribution in [0, 0.1) is 0 Å². The van der Waals surface area contributed by atoms with Crippen molar-refractivity contribution in [2.75, 3.05) is 0 Å². The Bertz CT molecular complexity index is 640. The molecule has 2 aromatic carbocycles. The summed E-state index contributed by atoms with van der Waals surface area (Å²) in [4.78, 5) is 24.2. The summed E-state index contributed by atoms with van der Waals surface area (Å²) in [5, 5.41) is 2.85. The van der Waals surface area contributed by atoms with Crippen LogP contribution in [0.5, 0.6) is 0 Å². The molecular weight excluding hydrogens is 330 g/mol. The van der Waals surface area contributed by atoms with Gasteiger partial charge in [0.1, 0.15) is 0 Å². The van der Waals surface area contributed by atoms with E-state index in [1.165, 1.54) is 0 Å². The standard InChI is InChI=1S/C17H16BrNO2/c1-12(11-16(20)13-7-3-2-4-8-13)19-17(21)14-9-5-6-10-15(14)18/h2-10,12H,11H2,1H3,(H,19,21)/t12-/m0/s1. The van der Waals surface area contributed by atoms with Gasteiger partial charge >= 0.3 is 0 Å². The number of halogens is 1. The molecule has 2 rings (SSSR count). The van der Waals surface area contributed by atoms with E-state index in [-0.39, 0.29) is 24.2 Å². The fourth-order valence-corrected chi connectivity index (χ4v) is 2.48. The molecule has 0 aliphatic heterocycles. The number of rotatable bonds is 5.